The van der Waals surface area contributed by atoms with Crippen molar-refractivity contribution in [2.45, 2.75) is 32.4 Å². The Labute approximate surface area is 109 Å². The Balaban J connectivity index is 2.73. The SMILES string of the molecule is CNC(C)(C)C(=O)NC(C)c1nc(C(=O)O)cs1. The average molecular weight is 271 g/mol. The minimum atomic E-state index is -1.06. The van der Waals surface area contributed by atoms with Crippen LogP contribution in [0.1, 0.15) is 42.3 Å². The highest BCUT2D eigenvalue weighted by Crippen LogP contribution is 2.18. The lowest BCUT2D eigenvalue weighted by molar-refractivity contribution is -0.126. The third kappa shape index (κ3) is 3.27. The molecule has 3 N–H and O–H groups in total. The predicted molar refractivity (Wildman–Crippen MR) is 68.8 cm³/mol. The summed E-state index contributed by atoms with van der Waals surface area (Å²) < 4.78 is 0. The van der Waals surface area contributed by atoms with Crippen molar-refractivity contribution in [2.75, 3.05) is 7.05 Å². The molecule has 18 heavy (non-hydrogen) atoms. The quantitative estimate of drug-likeness (QED) is 0.743. The molecule has 0 saturated heterocycles. The van der Waals surface area contributed by atoms with Crippen LogP contribution in [0.5, 0.6) is 0 Å². The summed E-state index contributed by atoms with van der Waals surface area (Å²) in [7, 11) is 1.70. The third-order valence-corrected chi connectivity index (χ3v) is 3.68. The molecule has 0 bridgehead atoms. The van der Waals surface area contributed by atoms with Crippen molar-refractivity contribution in [1.29, 1.82) is 0 Å². The van der Waals surface area contributed by atoms with Crippen LogP contribution in [0.15, 0.2) is 5.38 Å². The lowest BCUT2D eigenvalue weighted by atomic mass is 10.0. The van der Waals surface area contributed by atoms with Crippen molar-refractivity contribution in [1.82, 2.24) is 15.6 Å². The molecule has 0 fully saturated rings. The number of nitrogens with zero attached hydrogens (tertiary/aromatic N) is 1. The summed E-state index contributed by atoms with van der Waals surface area (Å²) in [6, 6.07) is -0.316. The van der Waals surface area contributed by atoms with Gasteiger partial charge in [-0.05, 0) is 27.8 Å². The molecule has 1 amide bonds. The second-order valence-electron chi connectivity index (χ2n) is 4.45. The smallest absolute Gasteiger partial charge is 0.355 e. The summed E-state index contributed by atoms with van der Waals surface area (Å²) in [6.45, 7) is 5.30. The number of hydrogen-bond acceptors (Lipinski definition) is 5. The van der Waals surface area contributed by atoms with E-state index in [0.29, 0.717) is 5.01 Å². The van der Waals surface area contributed by atoms with E-state index in [0.717, 1.165) is 0 Å². The maximum absolute atomic E-state index is 11.9. The molecule has 1 unspecified atom stereocenters. The minimum Gasteiger partial charge on any atom is -0.476 e. The standard InChI is InChI=1S/C11H17N3O3S/c1-6(13-10(17)11(2,3)12-4)8-14-7(5-18-8)9(15)16/h5-6,12H,1-4H3,(H,13,17)(H,15,16). The highest BCUT2D eigenvalue weighted by Gasteiger charge is 2.27. The van der Waals surface area contributed by atoms with Crippen LogP contribution < -0.4 is 10.6 Å². The third-order valence-electron chi connectivity index (χ3n) is 2.65. The zero-order valence-corrected chi connectivity index (χ0v) is 11.6. The van der Waals surface area contributed by atoms with Crippen LogP contribution >= 0.6 is 11.3 Å². The number of carbonyl (C=O) groups excluding carboxylic acids is 1. The molecule has 1 atom stereocenters. The highest BCUT2D eigenvalue weighted by molar-refractivity contribution is 7.09. The summed E-state index contributed by atoms with van der Waals surface area (Å²) in [5.74, 6) is -1.23. The van der Waals surface area contributed by atoms with Crippen molar-refractivity contribution in [3.8, 4) is 0 Å². The first-order valence-electron chi connectivity index (χ1n) is 5.46. The number of nitrogens with one attached hydrogen (secondary N) is 2. The Morgan fingerprint density at radius 2 is 2.11 bits per heavy atom. The van der Waals surface area contributed by atoms with Crippen molar-refractivity contribution < 1.29 is 14.7 Å². The van der Waals surface area contributed by atoms with E-state index in [1.807, 2.05) is 0 Å². The predicted octanol–water partition coefficient (Wildman–Crippen LogP) is 1.02. The summed E-state index contributed by atoms with van der Waals surface area (Å²) in [4.78, 5) is 26.6. The highest BCUT2D eigenvalue weighted by atomic mass is 32.1. The number of aromatic carboxylic acids is 1. The van der Waals surface area contributed by atoms with Gasteiger partial charge in [-0.1, -0.05) is 0 Å². The number of amides is 1. The fourth-order valence-electron chi connectivity index (χ4n) is 1.14. The zero-order chi connectivity index (χ0) is 13.9. The van der Waals surface area contributed by atoms with Crippen molar-refractivity contribution in [2.24, 2.45) is 0 Å². The molecule has 0 saturated carbocycles. The summed E-state index contributed by atoms with van der Waals surface area (Å²) >= 11 is 1.22. The van der Waals surface area contributed by atoms with Gasteiger partial charge in [0.25, 0.3) is 0 Å². The van der Waals surface area contributed by atoms with E-state index >= 15 is 0 Å². The number of hydrogen-bond donors (Lipinski definition) is 3. The van der Waals surface area contributed by atoms with Gasteiger partial charge in [0.2, 0.25) is 5.91 Å². The van der Waals surface area contributed by atoms with Crippen LogP contribution in [-0.4, -0.2) is 34.6 Å². The number of thiazole rings is 1. The molecule has 0 aliphatic carbocycles. The summed E-state index contributed by atoms with van der Waals surface area (Å²) in [5.41, 5.74) is -0.676. The van der Waals surface area contributed by atoms with Gasteiger partial charge in [0.15, 0.2) is 5.69 Å². The number of likely N-dealkylation sites (N-methyl/N-ethyl adjacent to an activating group) is 1. The Bertz CT molecular complexity index is 456. The maximum Gasteiger partial charge on any atom is 0.355 e. The van der Waals surface area contributed by atoms with E-state index in [1.54, 1.807) is 27.8 Å². The lowest BCUT2D eigenvalue weighted by Gasteiger charge is -2.24. The molecule has 1 aromatic heterocycles. The maximum atomic E-state index is 11.9. The normalized spacial score (nSPS) is 13.1. The van der Waals surface area contributed by atoms with Gasteiger partial charge in [0, 0.05) is 5.38 Å². The van der Waals surface area contributed by atoms with E-state index < -0.39 is 11.5 Å². The van der Waals surface area contributed by atoms with Gasteiger partial charge in [-0.2, -0.15) is 0 Å². The number of carbonyl (C=O) groups is 2. The first-order chi connectivity index (χ1) is 8.27. The summed E-state index contributed by atoms with van der Waals surface area (Å²) in [6.07, 6.45) is 0. The number of carboxylic acid groups (broad SMARTS) is 1. The molecule has 0 aliphatic rings. The minimum absolute atomic E-state index is 0.00368. The van der Waals surface area contributed by atoms with Crippen LogP contribution in [0.2, 0.25) is 0 Å². The molecule has 0 radical (unpaired) electrons. The Kier molecular flexibility index (Phi) is 4.42. The van der Waals surface area contributed by atoms with Crippen LogP contribution in [-0.2, 0) is 4.79 Å². The van der Waals surface area contributed by atoms with Crippen LogP contribution in [0, 0.1) is 0 Å². The first kappa shape index (κ1) is 14.6. The van der Waals surface area contributed by atoms with E-state index in [4.69, 9.17) is 5.11 Å². The van der Waals surface area contributed by atoms with Gasteiger partial charge in [-0.15, -0.1) is 11.3 Å². The monoisotopic (exact) mass is 271 g/mol. The zero-order valence-electron chi connectivity index (χ0n) is 10.8. The Hall–Kier alpha value is -1.47. The van der Waals surface area contributed by atoms with Crippen LogP contribution in [0.3, 0.4) is 0 Å². The molecule has 0 aliphatic heterocycles. The topological polar surface area (TPSA) is 91.3 Å². The average Bonchev–Trinajstić information content (AvgIpc) is 2.78. The molecule has 1 rings (SSSR count). The summed E-state index contributed by atoms with van der Waals surface area (Å²) in [5, 5.41) is 16.5. The molecule has 7 heteroatoms. The Morgan fingerprint density at radius 1 is 1.50 bits per heavy atom. The van der Waals surface area contributed by atoms with Gasteiger partial charge in [-0.25, -0.2) is 9.78 Å². The molecule has 0 spiro atoms. The van der Waals surface area contributed by atoms with Gasteiger partial charge >= 0.3 is 5.97 Å². The molecule has 1 aromatic rings. The fourth-order valence-corrected chi connectivity index (χ4v) is 1.94. The van der Waals surface area contributed by atoms with Gasteiger partial charge in [0.1, 0.15) is 5.01 Å². The van der Waals surface area contributed by atoms with Gasteiger partial charge in [0.05, 0.1) is 11.6 Å². The number of carboxylic acids is 1. The first-order valence-corrected chi connectivity index (χ1v) is 6.34. The van der Waals surface area contributed by atoms with Crippen LogP contribution in [0.25, 0.3) is 0 Å². The molecular weight excluding hydrogens is 254 g/mol. The van der Waals surface area contributed by atoms with Crippen molar-refractivity contribution >= 4 is 23.2 Å². The molecule has 100 valence electrons. The Morgan fingerprint density at radius 3 is 2.56 bits per heavy atom. The van der Waals surface area contributed by atoms with Crippen LogP contribution in [0.4, 0.5) is 0 Å². The molecular formula is C11H17N3O3S. The number of rotatable bonds is 5. The van der Waals surface area contributed by atoms with E-state index in [2.05, 4.69) is 15.6 Å². The van der Waals surface area contributed by atoms with Crippen molar-refractivity contribution in [3.63, 3.8) is 0 Å². The van der Waals surface area contributed by atoms with Gasteiger partial charge in [-0.3, -0.25) is 4.79 Å². The second-order valence-corrected chi connectivity index (χ2v) is 5.34. The number of aromatic nitrogens is 1. The second kappa shape index (κ2) is 5.45. The van der Waals surface area contributed by atoms with E-state index in [1.165, 1.54) is 16.7 Å². The molecule has 0 aromatic carbocycles. The molecule has 6 nitrogen and oxygen atoms in total. The molecule has 1 heterocycles. The fraction of sp³-hybridized carbons (Fsp3) is 0.545. The van der Waals surface area contributed by atoms with E-state index in [-0.39, 0.29) is 17.6 Å². The van der Waals surface area contributed by atoms with E-state index in [9.17, 15) is 9.59 Å². The van der Waals surface area contributed by atoms with Gasteiger partial charge < -0.3 is 15.7 Å². The lowest BCUT2D eigenvalue weighted by Crippen LogP contribution is -2.51. The largest absolute Gasteiger partial charge is 0.476 e. The van der Waals surface area contributed by atoms with Crippen molar-refractivity contribution in [3.05, 3.63) is 16.1 Å².